The summed E-state index contributed by atoms with van der Waals surface area (Å²) in [5.41, 5.74) is 3.93. The highest BCUT2D eigenvalue weighted by atomic mass is 16.5. The number of phenolic OH excluding ortho intramolecular Hbond substituents is 3. The van der Waals surface area contributed by atoms with Crippen LogP contribution in [-0.4, -0.2) is 33.6 Å². The minimum Gasteiger partial charge on any atom is -0.504 e. The molecule has 1 unspecified atom stereocenters. The fraction of sp³-hybridized carbons (Fsp3) is 0.241. The molecule has 0 saturated carbocycles. The summed E-state index contributed by atoms with van der Waals surface area (Å²) in [5.74, 6) is 0.912. The van der Waals surface area contributed by atoms with E-state index in [0.29, 0.717) is 37.2 Å². The van der Waals surface area contributed by atoms with Gasteiger partial charge in [0.05, 0.1) is 13.2 Å². The quantitative estimate of drug-likeness (QED) is 0.303. The highest BCUT2D eigenvalue weighted by Crippen LogP contribution is 2.37. The molecule has 6 nitrogen and oxygen atoms in total. The lowest BCUT2D eigenvalue weighted by atomic mass is 9.98. The zero-order valence-corrected chi connectivity index (χ0v) is 19.6. The van der Waals surface area contributed by atoms with Gasteiger partial charge in [0.25, 0.3) is 0 Å². The maximum absolute atomic E-state index is 10.5. The van der Waals surface area contributed by atoms with Crippen molar-refractivity contribution < 1.29 is 29.9 Å². The number of aryl methyl sites for hydroxylation is 3. The molecule has 4 N–H and O–H groups in total. The number of para-hydroxylation sites is 1. The Bertz CT molecular complexity index is 1240. The summed E-state index contributed by atoms with van der Waals surface area (Å²) in [7, 11) is 1.44. The van der Waals surface area contributed by atoms with Crippen LogP contribution in [0.25, 0.3) is 0 Å². The van der Waals surface area contributed by atoms with Crippen molar-refractivity contribution in [3.05, 3.63) is 95.1 Å². The lowest BCUT2D eigenvalue weighted by molar-refractivity contribution is 0.225. The summed E-state index contributed by atoms with van der Waals surface area (Å²) in [6.07, 6.45) is 8.80. The highest BCUT2D eigenvalue weighted by molar-refractivity contribution is 5.52. The van der Waals surface area contributed by atoms with E-state index >= 15 is 0 Å². The normalized spacial score (nSPS) is 15.0. The van der Waals surface area contributed by atoms with Crippen molar-refractivity contribution in [2.45, 2.75) is 38.2 Å². The third-order valence-electron chi connectivity index (χ3n) is 6.07. The molecule has 1 atom stereocenters. The predicted molar refractivity (Wildman–Crippen MR) is 135 cm³/mol. The number of allylic oxidation sites excluding steroid dienone is 2. The number of rotatable bonds is 9. The third kappa shape index (κ3) is 6.16. The number of aliphatic hydroxyl groups is 1. The van der Waals surface area contributed by atoms with E-state index in [9.17, 15) is 20.4 Å². The number of hydrogen-bond acceptors (Lipinski definition) is 6. The summed E-state index contributed by atoms with van der Waals surface area (Å²) < 4.78 is 11.3. The monoisotopic (exact) mass is 474 g/mol. The second-order valence-corrected chi connectivity index (χ2v) is 8.62. The summed E-state index contributed by atoms with van der Waals surface area (Å²) >= 11 is 0. The summed E-state index contributed by atoms with van der Waals surface area (Å²) in [6.45, 7) is 0. The summed E-state index contributed by atoms with van der Waals surface area (Å²) in [6, 6.07) is 16.3. The van der Waals surface area contributed by atoms with Crippen LogP contribution in [0.2, 0.25) is 0 Å². The van der Waals surface area contributed by atoms with Crippen LogP contribution in [0.15, 0.2) is 78.4 Å². The zero-order chi connectivity index (χ0) is 24.8. The van der Waals surface area contributed by atoms with Gasteiger partial charge in [-0.1, -0.05) is 48.1 Å². The Hall–Kier alpha value is -3.90. The van der Waals surface area contributed by atoms with Gasteiger partial charge < -0.3 is 29.9 Å². The Kier molecular flexibility index (Phi) is 7.63. The second-order valence-electron chi connectivity index (χ2n) is 8.62. The number of hydrogen-bond donors (Lipinski definition) is 4. The molecule has 4 rings (SSSR count). The van der Waals surface area contributed by atoms with E-state index in [1.807, 2.05) is 48.6 Å². The van der Waals surface area contributed by atoms with Crippen molar-refractivity contribution in [3.8, 4) is 34.5 Å². The molecule has 3 aromatic carbocycles. The first-order chi connectivity index (χ1) is 16.9. The van der Waals surface area contributed by atoms with Gasteiger partial charge in [-0.25, -0.2) is 0 Å². The molecule has 6 heteroatoms. The molecule has 0 radical (unpaired) electrons. The number of aromatic hydroxyl groups is 3. The first-order valence-corrected chi connectivity index (χ1v) is 11.6. The van der Waals surface area contributed by atoms with Gasteiger partial charge in [0.15, 0.2) is 23.0 Å². The van der Waals surface area contributed by atoms with Gasteiger partial charge in [-0.15, -0.1) is 0 Å². The Morgan fingerprint density at radius 3 is 2.43 bits per heavy atom. The van der Waals surface area contributed by atoms with Crippen LogP contribution in [0, 0.1) is 0 Å². The van der Waals surface area contributed by atoms with Gasteiger partial charge in [-0.2, -0.15) is 0 Å². The highest BCUT2D eigenvalue weighted by Gasteiger charge is 2.13. The van der Waals surface area contributed by atoms with Crippen LogP contribution < -0.4 is 9.47 Å². The maximum atomic E-state index is 10.5. The predicted octanol–water partition coefficient (Wildman–Crippen LogP) is 5.57. The van der Waals surface area contributed by atoms with E-state index < -0.39 is 6.10 Å². The van der Waals surface area contributed by atoms with E-state index in [0.717, 1.165) is 28.7 Å². The van der Waals surface area contributed by atoms with Gasteiger partial charge in [0.1, 0.15) is 5.75 Å². The first-order valence-electron chi connectivity index (χ1n) is 11.6. The number of ether oxygens (including phenoxy) is 2. The molecule has 0 spiro atoms. The van der Waals surface area contributed by atoms with E-state index in [1.54, 1.807) is 18.2 Å². The molecule has 182 valence electrons. The van der Waals surface area contributed by atoms with Crippen molar-refractivity contribution in [3.63, 3.8) is 0 Å². The maximum Gasteiger partial charge on any atom is 0.200 e. The van der Waals surface area contributed by atoms with Gasteiger partial charge in [-0.3, -0.25) is 0 Å². The Labute approximate surface area is 205 Å². The molecular formula is C29H30O6. The van der Waals surface area contributed by atoms with Crippen LogP contribution in [0.1, 0.15) is 29.5 Å². The largest absolute Gasteiger partial charge is 0.504 e. The Morgan fingerprint density at radius 2 is 1.66 bits per heavy atom. The van der Waals surface area contributed by atoms with Gasteiger partial charge in [-0.05, 0) is 79.1 Å². The number of benzene rings is 3. The van der Waals surface area contributed by atoms with Crippen LogP contribution in [-0.2, 0) is 19.3 Å². The molecule has 1 aliphatic rings. The minimum absolute atomic E-state index is 0.0863. The molecule has 0 aliphatic heterocycles. The van der Waals surface area contributed by atoms with Crippen LogP contribution in [0.3, 0.4) is 0 Å². The molecule has 0 amide bonds. The average Bonchev–Trinajstić information content (AvgIpc) is 2.86. The lowest BCUT2D eigenvalue weighted by Crippen LogP contribution is -2.04. The van der Waals surface area contributed by atoms with Crippen molar-refractivity contribution in [1.82, 2.24) is 0 Å². The smallest absolute Gasteiger partial charge is 0.200 e. The Morgan fingerprint density at radius 1 is 0.857 bits per heavy atom. The molecule has 1 aliphatic carbocycles. The van der Waals surface area contributed by atoms with Crippen molar-refractivity contribution in [2.75, 3.05) is 7.11 Å². The minimum atomic E-state index is -0.410. The summed E-state index contributed by atoms with van der Waals surface area (Å²) in [4.78, 5) is 0. The lowest BCUT2D eigenvalue weighted by Gasteiger charge is -2.15. The van der Waals surface area contributed by atoms with Crippen LogP contribution in [0.4, 0.5) is 0 Å². The standard InChI is InChI=1S/C29H30O6/c1-34-27-18-21(17-26(32)28(27)33)9-8-20-4-2-6-24(16-20)35-29-22(5-3-7-25(29)31)13-10-19-11-14-23(30)15-12-19/h2-7,11-12,14,16-18,23,30-33H,8-10,13,15H2,1H3. The Balaban J connectivity index is 1.45. The second kappa shape index (κ2) is 11.0. The van der Waals surface area contributed by atoms with Crippen molar-refractivity contribution in [2.24, 2.45) is 0 Å². The number of methoxy groups -OCH3 is 1. The number of aliphatic hydroxyl groups excluding tert-OH is 1. The number of phenols is 3. The fourth-order valence-corrected chi connectivity index (χ4v) is 4.12. The topological polar surface area (TPSA) is 99.4 Å². The van der Waals surface area contributed by atoms with E-state index in [4.69, 9.17) is 9.47 Å². The third-order valence-corrected chi connectivity index (χ3v) is 6.07. The van der Waals surface area contributed by atoms with E-state index in [1.165, 1.54) is 13.2 Å². The fourth-order valence-electron chi connectivity index (χ4n) is 4.12. The first kappa shape index (κ1) is 24.2. The molecule has 0 saturated heterocycles. The van der Waals surface area contributed by atoms with Gasteiger partial charge >= 0.3 is 0 Å². The summed E-state index contributed by atoms with van der Waals surface area (Å²) in [5, 5.41) is 39.9. The molecule has 0 fully saturated rings. The van der Waals surface area contributed by atoms with Crippen LogP contribution in [0.5, 0.6) is 34.5 Å². The molecule has 3 aromatic rings. The molecule has 0 heterocycles. The van der Waals surface area contributed by atoms with E-state index in [2.05, 4.69) is 0 Å². The molecule has 35 heavy (non-hydrogen) atoms. The molecule has 0 aromatic heterocycles. The SMILES string of the molecule is COc1cc(CCc2cccc(Oc3c(O)cccc3CCC3=CCC(O)C=C3)c2)cc(O)c1O. The van der Waals surface area contributed by atoms with Gasteiger partial charge in [0, 0.05) is 0 Å². The van der Waals surface area contributed by atoms with E-state index in [-0.39, 0.29) is 23.0 Å². The zero-order valence-electron chi connectivity index (χ0n) is 19.6. The van der Waals surface area contributed by atoms with Gasteiger partial charge in [0.2, 0.25) is 5.75 Å². The average molecular weight is 475 g/mol. The van der Waals surface area contributed by atoms with Crippen molar-refractivity contribution in [1.29, 1.82) is 0 Å². The van der Waals surface area contributed by atoms with Crippen LogP contribution >= 0.6 is 0 Å². The molecular weight excluding hydrogens is 444 g/mol. The molecule has 0 bridgehead atoms. The van der Waals surface area contributed by atoms with Crippen molar-refractivity contribution >= 4 is 0 Å².